The average molecular weight is 470 g/mol. The van der Waals surface area contributed by atoms with Crippen LogP contribution in [0.1, 0.15) is 52.0 Å². The Balaban J connectivity index is 1.35. The van der Waals surface area contributed by atoms with Crippen LogP contribution in [0.5, 0.6) is 0 Å². The highest BCUT2D eigenvalue weighted by Gasteiger charge is 2.60. The molecule has 0 saturated heterocycles. The van der Waals surface area contributed by atoms with Gasteiger partial charge in [-0.15, -0.1) is 0 Å². The second-order valence-corrected chi connectivity index (χ2v) is 10.2. The van der Waals surface area contributed by atoms with Crippen molar-refractivity contribution in [2.45, 2.75) is 30.3 Å². The molecule has 4 nitrogen and oxygen atoms in total. The van der Waals surface area contributed by atoms with E-state index in [4.69, 9.17) is 8.83 Å². The summed E-state index contributed by atoms with van der Waals surface area (Å²) in [6, 6.07) is 28.9. The Morgan fingerprint density at radius 1 is 0.806 bits per heavy atom. The van der Waals surface area contributed by atoms with Gasteiger partial charge in [0.05, 0.1) is 25.1 Å². The number of imidazole rings is 1. The highest BCUT2D eigenvalue weighted by atomic mass is 16.3. The van der Waals surface area contributed by atoms with Crippen molar-refractivity contribution >= 4 is 10.8 Å². The molecule has 174 valence electrons. The molecule has 36 heavy (non-hydrogen) atoms. The number of nitrogens with zero attached hydrogens (tertiary/aromatic N) is 2. The number of hydrogen-bond acceptors (Lipinski definition) is 2. The lowest BCUT2D eigenvalue weighted by Crippen LogP contribution is -2.59. The molecule has 0 fully saturated rings. The van der Waals surface area contributed by atoms with Gasteiger partial charge in [-0.25, -0.2) is 9.13 Å². The maximum Gasteiger partial charge on any atom is 0.266 e. The lowest BCUT2D eigenvalue weighted by Gasteiger charge is -2.49. The second-order valence-electron chi connectivity index (χ2n) is 10.2. The lowest BCUT2D eigenvalue weighted by atomic mass is 9.55. The van der Waals surface area contributed by atoms with Crippen molar-refractivity contribution in [1.29, 1.82) is 0 Å². The Morgan fingerprint density at radius 3 is 2.28 bits per heavy atom. The minimum atomic E-state index is -0.265. The molecule has 2 bridgehead atoms. The van der Waals surface area contributed by atoms with E-state index in [0.29, 0.717) is 0 Å². The first-order valence-corrected chi connectivity index (χ1v) is 12.5. The van der Waals surface area contributed by atoms with E-state index in [0.717, 1.165) is 13.0 Å². The molecule has 0 amide bonds. The molecule has 3 aliphatic rings. The molecule has 5 heterocycles. The zero-order chi connectivity index (χ0) is 23.7. The van der Waals surface area contributed by atoms with Crippen LogP contribution in [0.3, 0.4) is 0 Å². The number of fused-ring (bicyclic) bond motifs is 2. The van der Waals surface area contributed by atoms with Gasteiger partial charge in [-0.3, -0.25) is 0 Å². The van der Waals surface area contributed by atoms with Crippen LogP contribution in [0.2, 0.25) is 0 Å². The Bertz CT molecular complexity index is 1670. The Hall–Kier alpha value is -4.31. The number of hydrogen-bond donors (Lipinski definition) is 0. The number of rotatable bonds is 4. The van der Waals surface area contributed by atoms with Gasteiger partial charge in [-0.1, -0.05) is 60.7 Å². The van der Waals surface area contributed by atoms with Crippen molar-refractivity contribution in [1.82, 2.24) is 4.57 Å². The Labute approximate surface area is 209 Å². The summed E-state index contributed by atoms with van der Waals surface area (Å²) in [4.78, 5) is 0. The summed E-state index contributed by atoms with van der Waals surface area (Å²) in [6.07, 6.45) is 13.0. The lowest BCUT2D eigenvalue weighted by molar-refractivity contribution is -0.732. The predicted molar refractivity (Wildman–Crippen MR) is 137 cm³/mol. The van der Waals surface area contributed by atoms with E-state index in [-0.39, 0.29) is 17.4 Å². The molecule has 0 radical (unpaired) electrons. The van der Waals surface area contributed by atoms with Crippen LogP contribution in [-0.2, 0) is 12.0 Å². The van der Waals surface area contributed by atoms with Crippen molar-refractivity contribution in [3.63, 3.8) is 0 Å². The molecule has 6 aromatic rings. The number of aromatic nitrogens is 2. The minimum absolute atomic E-state index is 0.129. The summed E-state index contributed by atoms with van der Waals surface area (Å²) >= 11 is 0. The van der Waals surface area contributed by atoms with E-state index < -0.39 is 0 Å². The first-order chi connectivity index (χ1) is 17.8. The molecule has 9 rings (SSSR count). The molecule has 0 spiro atoms. The summed E-state index contributed by atoms with van der Waals surface area (Å²) in [7, 11) is 0. The fourth-order valence-electron chi connectivity index (χ4n) is 6.95. The maximum absolute atomic E-state index is 5.68. The van der Waals surface area contributed by atoms with Crippen molar-refractivity contribution in [2.75, 3.05) is 0 Å². The van der Waals surface area contributed by atoms with E-state index in [2.05, 4.69) is 100 Å². The van der Waals surface area contributed by atoms with E-state index in [1.807, 2.05) is 12.5 Å². The predicted octanol–water partition coefficient (Wildman–Crippen LogP) is 6.59. The SMILES string of the molecule is c1ccc2c(c1)[C@H]1c3n(Cc4ccc5ccccc5c4)cc[n+]3[C@@H]2CC1(c1ccoc1)c1ccoc1. The van der Waals surface area contributed by atoms with E-state index in [1.165, 1.54) is 44.4 Å². The summed E-state index contributed by atoms with van der Waals surface area (Å²) in [5.74, 6) is 1.46. The van der Waals surface area contributed by atoms with E-state index >= 15 is 0 Å². The quantitative estimate of drug-likeness (QED) is 0.273. The Kier molecular flexibility index (Phi) is 4.07. The van der Waals surface area contributed by atoms with Crippen LogP contribution in [-0.4, -0.2) is 4.57 Å². The zero-order valence-electron chi connectivity index (χ0n) is 19.7. The van der Waals surface area contributed by atoms with Gasteiger partial charge in [-0.05, 0) is 40.1 Å². The van der Waals surface area contributed by atoms with Crippen molar-refractivity contribution < 1.29 is 13.4 Å². The van der Waals surface area contributed by atoms with Crippen LogP contribution in [0.4, 0.5) is 0 Å². The number of furan rings is 2. The third kappa shape index (κ3) is 2.61. The third-order valence-corrected chi connectivity index (χ3v) is 8.47. The highest BCUT2D eigenvalue weighted by Crippen LogP contribution is 2.59. The molecule has 0 N–H and O–H groups in total. The van der Waals surface area contributed by atoms with Gasteiger partial charge < -0.3 is 8.83 Å². The second kappa shape index (κ2) is 7.34. The van der Waals surface area contributed by atoms with Gasteiger partial charge >= 0.3 is 0 Å². The summed E-state index contributed by atoms with van der Waals surface area (Å²) in [5, 5.41) is 2.55. The molecule has 3 aromatic carbocycles. The molecule has 0 saturated carbocycles. The molecular formula is C32H25N2O2+. The normalized spacial score (nSPS) is 19.3. The van der Waals surface area contributed by atoms with Crippen LogP contribution >= 0.6 is 0 Å². The highest BCUT2D eigenvalue weighted by molar-refractivity contribution is 5.83. The first-order valence-electron chi connectivity index (χ1n) is 12.5. The Morgan fingerprint density at radius 2 is 1.53 bits per heavy atom. The van der Waals surface area contributed by atoms with Gasteiger partial charge in [-0.2, -0.15) is 0 Å². The largest absolute Gasteiger partial charge is 0.472 e. The summed E-state index contributed by atoms with van der Waals surface area (Å²) in [6.45, 7) is 0.825. The van der Waals surface area contributed by atoms with Crippen LogP contribution in [0.15, 0.2) is 125 Å². The monoisotopic (exact) mass is 469 g/mol. The van der Waals surface area contributed by atoms with Gasteiger partial charge in [0.25, 0.3) is 5.82 Å². The molecule has 4 heteroatoms. The molecule has 3 aromatic heterocycles. The van der Waals surface area contributed by atoms with Crippen molar-refractivity contribution in [3.8, 4) is 0 Å². The van der Waals surface area contributed by atoms with Gasteiger partial charge in [0.1, 0.15) is 30.9 Å². The topological polar surface area (TPSA) is 35.1 Å². The standard InChI is InChI=1S/C32H25N2O2/c1-2-6-24-17-22(9-10-23(24)5-1)19-33-13-14-34-29-18-32(25-11-15-35-20-25,26-12-16-36-21-26)30(31(33)34)28-8-4-3-7-27(28)29/h1-17,20-21,29-30H,18-19H2/q+1/t29-,30+/m1/s1. The van der Waals surface area contributed by atoms with Crippen molar-refractivity contribution in [2.24, 2.45) is 0 Å². The minimum Gasteiger partial charge on any atom is -0.472 e. The smallest absolute Gasteiger partial charge is 0.266 e. The maximum atomic E-state index is 5.68. The van der Waals surface area contributed by atoms with Gasteiger partial charge in [0.15, 0.2) is 0 Å². The molecular weight excluding hydrogens is 444 g/mol. The fraction of sp³-hybridized carbons (Fsp3) is 0.156. The fourth-order valence-corrected chi connectivity index (χ4v) is 6.95. The molecule has 2 atom stereocenters. The number of benzene rings is 3. The summed E-state index contributed by atoms with van der Waals surface area (Å²) in [5.41, 5.74) is 6.27. The third-order valence-electron chi connectivity index (χ3n) is 8.47. The van der Waals surface area contributed by atoms with Crippen molar-refractivity contribution in [3.05, 3.63) is 150 Å². The average Bonchev–Trinajstić information content (AvgIpc) is 3.72. The van der Waals surface area contributed by atoms with Crippen LogP contribution in [0, 0.1) is 0 Å². The molecule has 1 aliphatic carbocycles. The van der Waals surface area contributed by atoms with Gasteiger partial charge in [0.2, 0.25) is 0 Å². The molecule has 2 aliphatic heterocycles. The zero-order valence-corrected chi connectivity index (χ0v) is 19.7. The first kappa shape index (κ1) is 19.9. The summed E-state index contributed by atoms with van der Waals surface area (Å²) < 4.78 is 16.3. The van der Waals surface area contributed by atoms with E-state index in [9.17, 15) is 0 Å². The van der Waals surface area contributed by atoms with Crippen LogP contribution < -0.4 is 4.57 Å². The molecule has 0 unspecified atom stereocenters. The van der Waals surface area contributed by atoms with Crippen LogP contribution in [0.25, 0.3) is 10.8 Å². The van der Waals surface area contributed by atoms with Gasteiger partial charge in [0, 0.05) is 28.5 Å². The van der Waals surface area contributed by atoms with E-state index in [1.54, 1.807) is 12.5 Å².